The Morgan fingerprint density at radius 3 is 2.74 bits per heavy atom. The van der Waals surface area contributed by atoms with Gasteiger partial charge in [0.05, 0.1) is 16.6 Å². The minimum Gasteiger partial charge on any atom is -0.353 e. The van der Waals surface area contributed by atoms with Crippen molar-refractivity contribution in [2.75, 3.05) is 36.4 Å². The van der Waals surface area contributed by atoms with Gasteiger partial charge in [-0.05, 0) is 55.3 Å². The molecule has 4 aromatic rings. The lowest BCUT2D eigenvalue weighted by atomic mass is 10.2. The minimum absolute atomic E-state index is 0.0912. The molecule has 1 fully saturated rings. The molecule has 0 radical (unpaired) electrons. The maximum absolute atomic E-state index is 12.9. The van der Waals surface area contributed by atoms with Gasteiger partial charge in [-0.3, -0.25) is 0 Å². The minimum atomic E-state index is -0.0912. The van der Waals surface area contributed by atoms with Gasteiger partial charge in [-0.25, -0.2) is 9.78 Å². The fraction of sp³-hybridized carbons (Fsp3) is 0.250. The Labute approximate surface area is 186 Å². The first-order chi connectivity index (χ1) is 15.1. The van der Waals surface area contributed by atoms with Crippen LogP contribution in [0.1, 0.15) is 12.0 Å². The highest BCUT2D eigenvalue weighted by atomic mass is 35.5. The molecular formula is C24H24ClN5O. The van der Waals surface area contributed by atoms with E-state index in [1.807, 2.05) is 42.2 Å². The van der Waals surface area contributed by atoms with Crippen LogP contribution in [0, 0.1) is 6.92 Å². The molecule has 2 amide bonds. The van der Waals surface area contributed by atoms with E-state index in [2.05, 4.69) is 39.0 Å². The third kappa shape index (κ3) is 3.79. The standard InChI is InChI=1S/C24H24ClN5O/c1-17-9-10-18(25)16-20(17)27-24(31)29-12-5-11-28(14-15-29)23-22-8-4-13-30(22)21-7-3-2-6-19(21)26-23/h2-4,6-10,13,16H,5,11-12,14-15H2,1H3,(H,27,31). The molecule has 0 saturated carbocycles. The summed E-state index contributed by atoms with van der Waals surface area (Å²) in [6.07, 6.45) is 2.96. The highest BCUT2D eigenvalue weighted by Crippen LogP contribution is 2.26. The van der Waals surface area contributed by atoms with Gasteiger partial charge in [0, 0.05) is 43.1 Å². The number of aromatic nitrogens is 2. The van der Waals surface area contributed by atoms with Crippen LogP contribution in [-0.4, -0.2) is 46.5 Å². The van der Waals surface area contributed by atoms with Crippen LogP contribution < -0.4 is 10.2 Å². The molecule has 0 aliphatic carbocycles. The Balaban J connectivity index is 1.37. The van der Waals surface area contributed by atoms with E-state index in [0.29, 0.717) is 18.1 Å². The molecule has 7 heteroatoms. The number of aryl methyl sites for hydroxylation is 1. The monoisotopic (exact) mass is 433 g/mol. The summed E-state index contributed by atoms with van der Waals surface area (Å²) < 4.78 is 2.19. The van der Waals surface area contributed by atoms with Crippen molar-refractivity contribution in [3.8, 4) is 0 Å². The molecule has 0 atom stereocenters. The van der Waals surface area contributed by atoms with E-state index in [0.717, 1.165) is 53.1 Å². The second-order valence-electron chi connectivity index (χ2n) is 7.90. The predicted octanol–water partition coefficient (Wildman–Crippen LogP) is 5.19. The molecule has 0 spiro atoms. The molecule has 31 heavy (non-hydrogen) atoms. The fourth-order valence-corrected chi connectivity index (χ4v) is 4.37. The van der Waals surface area contributed by atoms with Crippen molar-refractivity contribution in [3.05, 3.63) is 71.4 Å². The molecule has 5 rings (SSSR count). The molecule has 6 nitrogen and oxygen atoms in total. The number of carbonyl (C=O) groups excluding carboxylic acids is 1. The number of fused-ring (bicyclic) bond motifs is 3. The van der Waals surface area contributed by atoms with Crippen molar-refractivity contribution in [1.29, 1.82) is 0 Å². The summed E-state index contributed by atoms with van der Waals surface area (Å²) in [6.45, 7) is 4.88. The smallest absolute Gasteiger partial charge is 0.321 e. The molecule has 158 valence electrons. The molecule has 1 aliphatic rings. The van der Waals surface area contributed by atoms with Crippen LogP contribution in [0.4, 0.5) is 16.3 Å². The number of halogens is 1. The number of hydrogen-bond acceptors (Lipinski definition) is 3. The Morgan fingerprint density at radius 2 is 1.84 bits per heavy atom. The number of carbonyl (C=O) groups is 1. The number of urea groups is 1. The first-order valence-corrected chi connectivity index (χ1v) is 10.9. The van der Waals surface area contributed by atoms with E-state index in [1.165, 1.54) is 0 Å². The second-order valence-corrected chi connectivity index (χ2v) is 8.34. The summed E-state index contributed by atoms with van der Waals surface area (Å²) in [5, 5.41) is 3.63. The molecule has 0 unspecified atom stereocenters. The lowest BCUT2D eigenvalue weighted by Crippen LogP contribution is -2.38. The molecule has 1 aliphatic heterocycles. The molecule has 2 aromatic heterocycles. The van der Waals surface area contributed by atoms with Gasteiger partial charge in [-0.2, -0.15) is 0 Å². The zero-order chi connectivity index (χ0) is 21.4. The van der Waals surface area contributed by atoms with Gasteiger partial charge < -0.3 is 19.5 Å². The summed E-state index contributed by atoms with van der Waals surface area (Å²) >= 11 is 6.10. The predicted molar refractivity (Wildman–Crippen MR) is 126 cm³/mol. The summed E-state index contributed by atoms with van der Waals surface area (Å²) in [6, 6.07) is 17.8. The topological polar surface area (TPSA) is 52.9 Å². The van der Waals surface area contributed by atoms with Gasteiger partial charge in [0.25, 0.3) is 0 Å². The largest absolute Gasteiger partial charge is 0.353 e. The van der Waals surface area contributed by atoms with Crippen molar-refractivity contribution in [3.63, 3.8) is 0 Å². The Kier molecular flexibility index (Phi) is 5.16. The van der Waals surface area contributed by atoms with Crippen molar-refractivity contribution in [1.82, 2.24) is 14.3 Å². The summed E-state index contributed by atoms with van der Waals surface area (Å²) in [5.41, 5.74) is 4.90. The number of amides is 2. The van der Waals surface area contributed by atoms with E-state index in [-0.39, 0.29) is 6.03 Å². The Hall–Kier alpha value is -3.25. The van der Waals surface area contributed by atoms with Crippen LogP contribution in [0.5, 0.6) is 0 Å². The first-order valence-electron chi connectivity index (χ1n) is 10.5. The van der Waals surface area contributed by atoms with Gasteiger partial charge in [0.15, 0.2) is 5.82 Å². The zero-order valence-electron chi connectivity index (χ0n) is 17.4. The van der Waals surface area contributed by atoms with E-state index < -0.39 is 0 Å². The van der Waals surface area contributed by atoms with Gasteiger partial charge in [0.1, 0.15) is 0 Å². The summed E-state index contributed by atoms with van der Waals surface area (Å²) in [5.74, 6) is 0.969. The normalized spacial score (nSPS) is 14.8. The third-order valence-corrected chi connectivity index (χ3v) is 6.10. The van der Waals surface area contributed by atoms with E-state index in [9.17, 15) is 4.79 Å². The lowest BCUT2D eigenvalue weighted by Gasteiger charge is -2.24. The van der Waals surface area contributed by atoms with Crippen LogP contribution in [0.2, 0.25) is 5.02 Å². The summed E-state index contributed by atoms with van der Waals surface area (Å²) in [7, 11) is 0. The van der Waals surface area contributed by atoms with Crippen LogP contribution in [0.25, 0.3) is 16.6 Å². The number of nitrogens with zero attached hydrogens (tertiary/aromatic N) is 4. The number of anilines is 2. The van der Waals surface area contributed by atoms with Gasteiger partial charge in [-0.1, -0.05) is 29.8 Å². The van der Waals surface area contributed by atoms with Crippen LogP contribution >= 0.6 is 11.6 Å². The lowest BCUT2D eigenvalue weighted by molar-refractivity contribution is 0.215. The number of rotatable bonds is 2. The second kappa shape index (κ2) is 8.12. The van der Waals surface area contributed by atoms with E-state index in [4.69, 9.17) is 16.6 Å². The molecule has 0 bridgehead atoms. The maximum atomic E-state index is 12.9. The van der Waals surface area contributed by atoms with Gasteiger partial charge in [0.2, 0.25) is 0 Å². The quantitative estimate of drug-likeness (QED) is 0.473. The zero-order valence-corrected chi connectivity index (χ0v) is 18.1. The molecule has 1 N–H and O–H groups in total. The SMILES string of the molecule is Cc1ccc(Cl)cc1NC(=O)N1CCCN(c2nc3ccccc3n3cccc23)CC1. The highest BCUT2D eigenvalue weighted by Gasteiger charge is 2.22. The van der Waals surface area contributed by atoms with Crippen molar-refractivity contribution >= 4 is 45.7 Å². The fourth-order valence-electron chi connectivity index (χ4n) is 4.20. The van der Waals surface area contributed by atoms with Gasteiger partial charge in [-0.15, -0.1) is 0 Å². The number of nitrogens with one attached hydrogen (secondary N) is 1. The first kappa shape index (κ1) is 19.7. The average Bonchev–Trinajstić information content (AvgIpc) is 3.14. The Bertz CT molecular complexity index is 1270. The van der Waals surface area contributed by atoms with E-state index >= 15 is 0 Å². The molecular weight excluding hydrogens is 410 g/mol. The van der Waals surface area contributed by atoms with E-state index in [1.54, 1.807) is 6.07 Å². The molecule has 3 heterocycles. The third-order valence-electron chi connectivity index (χ3n) is 5.87. The molecule has 1 saturated heterocycles. The van der Waals surface area contributed by atoms with Crippen LogP contribution in [0.15, 0.2) is 60.8 Å². The van der Waals surface area contributed by atoms with Crippen molar-refractivity contribution < 1.29 is 4.79 Å². The number of para-hydroxylation sites is 2. The number of hydrogen-bond donors (Lipinski definition) is 1. The molecule has 2 aromatic carbocycles. The number of benzene rings is 2. The van der Waals surface area contributed by atoms with Crippen LogP contribution in [-0.2, 0) is 0 Å². The maximum Gasteiger partial charge on any atom is 0.321 e. The van der Waals surface area contributed by atoms with Crippen LogP contribution in [0.3, 0.4) is 0 Å². The summed E-state index contributed by atoms with van der Waals surface area (Å²) in [4.78, 5) is 22.0. The average molecular weight is 434 g/mol. The Morgan fingerprint density at radius 1 is 1.00 bits per heavy atom. The van der Waals surface area contributed by atoms with Crippen molar-refractivity contribution in [2.45, 2.75) is 13.3 Å². The van der Waals surface area contributed by atoms with Crippen molar-refractivity contribution in [2.24, 2.45) is 0 Å². The van der Waals surface area contributed by atoms with Gasteiger partial charge >= 0.3 is 6.03 Å². The highest BCUT2D eigenvalue weighted by molar-refractivity contribution is 6.31.